The monoisotopic (exact) mass is 480 g/mol. The van der Waals surface area contributed by atoms with Crippen LogP contribution in [-0.2, 0) is 12.8 Å². The molecule has 1 aliphatic carbocycles. The van der Waals surface area contributed by atoms with Crippen molar-refractivity contribution in [2.75, 3.05) is 0 Å². The summed E-state index contributed by atoms with van der Waals surface area (Å²) < 4.78 is 58.6. The number of benzene rings is 3. The van der Waals surface area contributed by atoms with Gasteiger partial charge in [-0.25, -0.2) is 17.6 Å². The van der Waals surface area contributed by atoms with Gasteiger partial charge in [0.25, 0.3) is 0 Å². The van der Waals surface area contributed by atoms with Gasteiger partial charge in [0.2, 0.25) is 0 Å². The molecule has 3 aromatic rings. The van der Waals surface area contributed by atoms with E-state index in [0.717, 1.165) is 44.1 Å². The normalized spacial score (nSPS) is 18.3. The third-order valence-corrected chi connectivity index (χ3v) is 7.26. The Morgan fingerprint density at radius 3 is 2.11 bits per heavy atom. The first-order valence-corrected chi connectivity index (χ1v) is 12.6. The van der Waals surface area contributed by atoms with E-state index < -0.39 is 23.3 Å². The average molecular weight is 481 g/mol. The van der Waals surface area contributed by atoms with Gasteiger partial charge in [0.15, 0.2) is 23.3 Å². The molecule has 0 bridgehead atoms. The van der Waals surface area contributed by atoms with Crippen LogP contribution in [0.5, 0.6) is 0 Å². The Bertz CT molecular complexity index is 1190. The van der Waals surface area contributed by atoms with Gasteiger partial charge in [0.1, 0.15) is 0 Å². The van der Waals surface area contributed by atoms with Crippen molar-refractivity contribution >= 4 is 6.08 Å². The van der Waals surface area contributed by atoms with Gasteiger partial charge >= 0.3 is 0 Å². The highest BCUT2D eigenvalue weighted by molar-refractivity contribution is 5.65. The fourth-order valence-corrected chi connectivity index (χ4v) is 5.08. The first kappa shape index (κ1) is 25.2. The summed E-state index contributed by atoms with van der Waals surface area (Å²) in [5, 5.41) is 0. The van der Waals surface area contributed by atoms with Gasteiger partial charge in [-0.15, -0.1) is 0 Å². The minimum Gasteiger partial charge on any atom is -0.203 e. The zero-order valence-electron chi connectivity index (χ0n) is 20.4. The fraction of sp³-hybridized carbons (Fsp3) is 0.355. The molecular weight excluding hydrogens is 448 g/mol. The lowest BCUT2D eigenvalue weighted by Gasteiger charge is -2.27. The second-order valence-corrected chi connectivity index (χ2v) is 9.54. The third kappa shape index (κ3) is 5.52. The number of hydrogen-bond acceptors (Lipinski definition) is 0. The maximum absolute atomic E-state index is 15.0. The molecule has 0 saturated heterocycles. The predicted octanol–water partition coefficient (Wildman–Crippen LogP) is 9.41. The smallest absolute Gasteiger partial charge is 0.166 e. The lowest BCUT2D eigenvalue weighted by molar-refractivity contribution is 0.365. The van der Waals surface area contributed by atoms with Crippen molar-refractivity contribution in [2.24, 2.45) is 5.92 Å². The van der Waals surface area contributed by atoms with Crippen LogP contribution in [0.25, 0.3) is 17.2 Å². The van der Waals surface area contributed by atoms with Gasteiger partial charge in [-0.2, -0.15) is 0 Å². The second-order valence-electron chi connectivity index (χ2n) is 9.54. The van der Waals surface area contributed by atoms with Crippen LogP contribution < -0.4 is 0 Å². The van der Waals surface area contributed by atoms with E-state index in [0.29, 0.717) is 23.1 Å². The Hall–Kier alpha value is -2.88. The zero-order valence-corrected chi connectivity index (χ0v) is 20.4. The van der Waals surface area contributed by atoms with E-state index in [9.17, 15) is 13.2 Å². The van der Waals surface area contributed by atoms with E-state index in [1.807, 2.05) is 37.3 Å². The molecular formula is C31H32F4. The summed E-state index contributed by atoms with van der Waals surface area (Å²) in [6.45, 7) is 3.98. The van der Waals surface area contributed by atoms with E-state index in [1.54, 1.807) is 30.3 Å². The van der Waals surface area contributed by atoms with Crippen molar-refractivity contribution in [3.63, 3.8) is 0 Å². The fourth-order valence-electron chi connectivity index (χ4n) is 5.08. The first-order valence-electron chi connectivity index (χ1n) is 12.6. The van der Waals surface area contributed by atoms with Crippen molar-refractivity contribution in [3.05, 3.63) is 100 Å². The Kier molecular flexibility index (Phi) is 8.10. The molecule has 0 heterocycles. The van der Waals surface area contributed by atoms with Crippen LogP contribution in [0.2, 0.25) is 0 Å². The quantitative estimate of drug-likeness (QED) is 0.296. The Balaban J connectivity index is 1.42. The van der Waals surface area contributed by atoms with Gasteiger partial charge in [0.05, 0.1) is 0 Å². The predicted molar refractivity (Wildman–Crippen MR) is 135 cm³/mol. The van der Waals surface area contributed by atoms with Crippen LogP contribution in [0.1, 0.15) is 74.1 Å². The molecule has 0 radical (unpaired) electrons. The van der Waals surface area contributed by atoms with Crippen LogP contribution in [0.15, 0.2) is 54.6 Å². The van der Waals surface area contributed by atoms with E-state index >= 15 is 4.39 Å². The SMILES string of the molecule is CCCc1ccc(/C=C/C2CCC(c3ccc(-c4ccc(CC)cc4)c(F)c3F)CC2)c(F)c1F. The maximum Gasteiger partial charge on any atom is 0.166 e. The van der Waals surface area contributed by atoms with Gasteiger partial charge < -0.3 is 0 Å². The molecule has 1 aliphatic rings. The molecule has 0 N–H and O–H groups in total. The minimum absolute atomic E-state index is 0.0480. The van der Waals surface area contributed by atoms with Gasteiger partial charge in [-0.1, -0.05) is 81.0 Å². The van der Waals surface area contributed by atoms with Crippen LogP contribution >= 0.6 is 0 Å². The molecule has 35 heavy (non-hydrogen) atoms. The van der Waals surface area contributed by atoms with Crippen molar-refractivity contribution in [2.45, 2.75) is 64.7 Å². The lowest BCUT2D eigenvalue weighted by atomic mass is 9.78. The van der Waals surface area contributed by atoms with E-state index in [4.69, 9.17) is 0 Å². The third-order valence-electron chi connectivity index (χ3n) is 7.26. The molecule has 0 nitrogen and oxygen atoms in total. The maximum atomic E-state index is 15.0. The number of aryl methyl sites for hydroxylation is 2. The number of allylic oxidation sites excluding steroid dienone is 1. The largest absolute Gasteiger partial charge is 0.203 e. The Labute approximate surface area is 205 Å². The number of halogens is 4. The van der Waals surface area contributed by atoms with E-state index in [1.165, 1.54) is 0 Å². The summed E-state index contributed by atoms with van der Waals surface area (Å²) in [5.41, 5.74) is 3.19. The molecule has 0 aromatic heterocycles. The summed E-state index contributed by atoms with van der Waals surface area (Å²) >= 11 is 0. The molecule has 1 saturated carbocycles. The molecule has 4 rings (SSSR count). The van der Waals surface area contributed by atoms with Gasteiger partial charge in [-0.05, 0) is 72.6 Å². The molecule has 0 aliphatic heterocycles. The lowest BCUT2D eigenvalue weighted by Crippen LogP contribution is -2.13. The summed E-state index contributed by atoms with van der Waals surface area (Å²) in [5.74, 6) is -2.96. The molecule has 184 valence electrons. The summed E-state index contributed by atoms with van der Waals surface area (Å²) in [6, 6.07) is 14.2. The topological polar surface area (TPSA) is 0 Å². The summed E-state index contributed by atoms with van der Waals surface area (Å²) in [7, 11) is 0. The van der Waals surface area contributed by atoms with E-state index in [2.05, 4.69) is 6.92 Å². The average Bonchev–Trinajstić information content (AvgIpc) is 2.88. The van der Waals surface area contributed by atoms with Crippen LogP contribution in [0.4, 0.5) is 17.6 Å². The Morgan fingerprint density at radius 1 is 0.743 bits per heavy atom. The van der Waals surface area contributed by atoms with Crippen molar-refractivity contribution in [1.82, 2.24) is 0 Å². The molecule has 0 unspecified atom stereocenters. The van der Waals surface area contributed by atoms with Crippen molar-refractivity contribution in [1.29, 1.82) is 0 Å². The van der Waals surface area contributed by atoms with E-state index in [-0.39, 0.29) is 23.0 Å². The highest BCUT2D eigenvalue weighted by atomic mass is 19.2. The summed E-state index contributed by atoms with van der Waals surface area (Å²) in [6.07, 6.45) is 8.77. The molecule has 0 atom stereocenters. The highest BCUT2D eigenvalue weighted by Gasteiger charge is 2.26. The van der Waals surface area contributed by atoms with Crippen LogP contribution in [0, 0.1) is 29.2 Å². The van der Waals surface area contributed by atoms with Crippen molar-refractivity contribution in [3.8, 4) is 11.1 Å². The van der Waals surface area contributed by atoms with Gasteiger partial charge in [-0.3, -0.25) is 0 Å². The molecule has 0 amide bonds. The van der Waals surface area contributed by atoms with Crippen LogP contribution in [0.3, 0.4) is 0 Å². The zero-order chi connectivity index (χ0) is 24.9. The standard InChI is InChI=1S/C31H32F4/c1-3-5-24-16-17-25(29(33)28(24)32)15-10-21-8-13-23(14-9-21)27-19-18-26(30(34)31(27)35)22-11-6-20(4-2)7-12-22/h6-7,10-12,15-19,21,23H,3-5,8-9,13-14H2,1-2H3/b15-10+. The van der Waals surface area contributed by atoms with Crippen LogP contribution in [-0.4, -0.2) is 0 Å². The highest BCUT2D eigenvalue weighted by Crippen LogP contribution is 2.39. The minimum atomic E-state index is -0.803. The van der Waals surface area contributed by atoms with Crippen molar-refractivity contribution < 1.29 is 17.6 Å². The molecule has 4 heteroatoms. The molecule has 3 aromatic carbocycles. The number of rotatable bonds is 7. The first-order chi connectivity index (χ1) is 16.9. The van der Waals surface area contributed by atoms with Gasteiger partial charge in [0, 0.05) is 11.1 Å². The molecule has 0 spiro atoms. The second kappa shape index (κ2) is 11.2. The summed E-state index contributed by atoms with van der Waals surface area (Å²) in [4.78, 5) is 0. The Morgan fingerprint density at radius 2 is 1.46 bits per heavy atom. The molecule has 1 fully saturated rings. The number of hydrogen-bond donors (Lipinski definition) is 0.